The second kappa shape index (κ2) is 5.62. The summed E-state index contributed by atoms with van der Waals surface area (Å²) in [5.74, 6) is 0.258. The maximum Gasteiger partial charge on any atom is 0.417 e. The number of aromatic nitrogens is 1. The van der Waals surface area contributed by atoms with Gasteiger partial charge in [-0.15, -0.1) is 0 Å². The highest BCUT2D eigenvalue weighted by molar-refractivity contribution is 9.10. The van der Waals surface area contributed by atoms with E-state index in [1.165, 1.54) is 18.5 Å². The van der Waals surface area contributed by atoms with Crippen LogP contribution in [0.2, 0.25) is 0 Å². The van der Waals surface area contributed by atoms with Gasteiger partial charge in [0.1, 0.15) is 11.5 Å². The van der Waals surface area contributed by atoms with Gasteiger partial charge in [0.2, 0.25) is 0 Å². The highest BCUT2D eigenvalue weighted by Gasteiger charge is 2.33. The summed E-state index contributed by atoms with van der Waals surface area (Å²) in [6, 6.07) is 4.70. The molecule has 0 aliphatic rings. The molecule has 0 bridgehead atoms. The van der Waals surface area contributed by atoms with Gasteiger partial charge in [-0.25, -0.2) is 0 Å². The molecule has 1 aromatic carbocycles. The lowest BCUT2D eigenvalue weighted by molar-refractivity contribution is -0.137. The number of benzene rings is 1. The van der Waals surface area contributed by atoms with E-state index in [2.05, 4.69) is 20.9 Å². The first-order valence-corrected chi connectivity index (χ1v) is 6.14. The first kappa shape index (κ1) is 14.5. The van der Waals surface area contributed by atoms with Gasteiger partial charge in [-0.2, -0.15) is 13.2 Å². The predicted molar refractivity (Wildman–Crippen MR) is 68.8 cm³/mol. The molecule has 2 aromatic rings. The smallest absolute Gasteiger partial charge is 0.417 e. The Morgan fingerprint density at radius 1 is 1.15 bits per heavy atom. The number of ether oxygens (including phenoxy) is 1. The molecule has 0 fully saturated rings. The van der Waals surface area contributed by atoms with Crippen LogP contribution in [0, 0.1) is 0 Å². The average molecular weight is 346 g/mol. The molecule has 0 N–H and O–H groups in total. The number of halogens is 4. The Bertz CT molecular complexity index is 644. The van der Waals surface area contributed by atoms with E-state index in [1.54, 1.807) is 6.07 Å². The molecule has 0 atom stereocenters. The number of aldehydes is 1. The first-order valence-electron chi connectivity index (χ1n) is 5.35. The molecule has 7 heteroatoms. The highest BCUT2D eigenvalue weighted by Crippen LogP contribution is 2.35. The summed E-state index contributed by atoms with van der Waals surface area (Å²) in [6.07, 6.45) is -1.58. The van der Waals surface area contributed by atoms with Gasteiger partial charge < -0.3 is 4.74 Å². The third kappa shape index (κ3) is 3.36. The lowest BCUT2D eigenvalue weighted by Gasteiger charge is -2.12. The van der Waals surface area contributed by atoms with E-state index in [-0.39, 0.29) is 17.8 Å². The van der Waals surface area contributed by atoms with E-state index in [0.29, 0.717) is 4.47 Å². The number of nitrogens with zero attached hydrogens (tertiary/aromatic N) is 1. The maximum absolute atomic E-state index is 12.8. The number of pyridine rings is 1. The van der Waals surface area contributed by atoms with E-state index < -0.39 is 17.3 Å². The van der Waals surface area contributed by atoms with Crippen LogP contribution in [0.1, 0.15) is 15.9 Å². The van der Waals surface area contributed by atoms with Crippen LogP contribution in [0.3, 0.4) is 0 Å². The van der Waals surface area contributed by atoms with Crippen molar-refractivity contribution in [2.24, 2.45) is 0 Å². The molecule has 0 amide bonds. The highest BCUT2D eigenvalue weighted by atomic mass is 79.9. The van der Waals surface area contributed by atoms with Crippen LogP contribution in [-0.2, 0) is 6.18 Å². The summed E-state index contributed by atoms with van der Waals surface area (Å²) in [5.41, 5.74) is -1.47. The molecule has 0 aliphatic carbocycles. The molecule has 3 nitrogen and oxygen atoms in total. The van der Waals surface area contributed by atoms with Crippen LogP contribution in [0.5, 0.6) is 11.5 Å². The lowest BCUT2D eigenvalue weighted by atomic mass is 10.1. The topological polar surface area (TPSA) is 39.2 Å². The second-order valence-corrected chi connectivity index (χ2v) is 4.72. The van der Waals surface area contributed by atoms with Crippen LogP contribution in [-0.4, -0.2) is 11.3 Å². The number of hydrogen-bond donors (Lipinski definition) is 0. The third-order valence-corrected chi connectivity index (χ3v) is 2.81. The predicted octanol–water partition coefficient (Wildman–Crippen LogP) is 4.47. The van der Waals surface area contributed by atoms with E-state index in [9.17, 15) is 18.0 Å². The Balaban J connectivity index is 2.37. The minimum atomic E-state index is -4.62. The zero-order chi connectivity index (χ0) is 14.8. The third-order valence-electron chi connectivity index (χ3n) is 2.37. The minimum Gasteiger partial charge on any atom is -0.456 e. The molecule has 0 aliphatic heterocycles. The summed E-state index contributed by atoms with van der Waals surface area (Å²) in [7, 11) is 0. The summed E-state index contributed by atoms with van der Waals surface area (Å²) < 4.78 is 44.3. The molecular weight excluding hydrogens is 339 g/mol. The number of rotatable bonds is 3. The summed E-state index contributed by atoms with van der Waals surface area (Å²) in [4.78, 5) is 14.5. The zero-order valence-electron chi connectivity index (χ0n) is 9.82. The fourth-order valence-corrected chi connectivity index (χ4v) is 1.88. The number of carbonyl (C=O) groups is 1. The van der Waals surface area contributed by atoms with Crippen LogP contribution in [0.4, 0.5) is 13.2 Å². The molecule has 2 rings (SSSR count). The van der Waals surface area contributed by atoms with Crippen LogP contribution in [0.15, 0.2) is 41.1 Å². The Morgan fingerprint density at radius 2 is 1.90 bits per heavy atom. The molecule has 0 spiro atoms. The maximum atomic E-state index is 12.8. The van der Waals surface area contributed by atoms with Gasteiger partial charge in [-0.3, -0.25) is 9.78 Å². The van der Waals surface area contributed by atoms with Crippen molar-refractivity contribution in [3.63, 3.8) is 0 Å². The average Bonchev–Trinajstić information content (AvgIpc) is 2.37. The molecule has 0 saturated carbocycles. The molecule has 0 unspecified atom stereocenters. The summed E-state index contributed by atoms with van der Waals surface area (Å²) in [5, 5.41) is 0. The Labute approximate surface area is 120 Å². The standard InChI is InChI=1S/C13H7BrF3NO2/c14-9-3-11(6-18-5-9)20-10-2-1-8(7-19)12(4-10)13(15,16)17/h1-7H. The van der Waals surface area contributed by atoms with E-state index >= 15 is 0 Å². The van der Waals surface area contributed by atoms with Crippen LogP contribution < -0.4 is 4.74 Å². The fraction of sp³-hybridized carbons (Fsp3) is 0.0769. The van der Waals surface area contributed by atoms with Crippen molar-refractivity contribution in [2.45, 2.75) is 6.18 Å². The van der Waals surface area contributed by atoms with Crippen LogP contribution >= 0.6 is 15.9 Å². The number of carbonyl (C=O) groups excluding carboxylic acids is 1. The van der Waals surface area contributed by atoms with Crippen molar-refractivity contribution >= 4 is 22.2 Å². The van der Waals surface area contributed by atoms with E-state index in [4.69, 9.17) is 4.74 Å². The van der Waals surface area contributed by atoms with Gasteiger partial charge in [0.25, 0.3) is 0 Å². The quantitative estimate of drug-likeness (QED) is 0.770. The van der Waals surface area contributed by atoms with Crippen LogP contribution in [0.25, 0.3) is 0 Å². The Kier molecular flexibility index (Phi) is 4.08. The largest absolute Gasteiger partial charge is 0.456 e. The molecule has 20 heavy (non-hydrogen) atoms. The molecule has 0 radical (unpaired) electrons. The van der Waals surface area contributed by atoms with Crippen molar-refractivity contribution in [3.8, 4) is 11.5 Å². The first-order chi connectivity index (χ1) is 9.40. The van der Waals surface area contributed by atoms with Gasteiger partial charge in [-0.1, -0.05) is 0 Å². The zero-order valence-corrected chi connectivity index (χ0v) is 11.4. The summed E-state index contributed by atoms with van der Waals surface area (Å²) in [6.45, 7) is 0. The molecule has 1 aromatic heterocycles. The van der Waals surface area contributed by atoms with Gasteiger partial charge in [-0.05, 0) is 40.2 Å². The van der Waals surface area contributed by atoms with Crippen molar-refractivity contribution in [1.82, 2.24) is 4.98 Å². The number of alkyl halides is 3. The van der Waals surface area contributed by atoms with Crippen molar-refractivity contribution in [2.75, 3.05) is 0 Å². The minimum absolute atomic E-state index is 0.0252. The van der Waals surface area contributed by atoms with Gasteiger partial charge in [0.05, 0.1) is 11.8 Å². The summed E-state index contributed by atoms with van der Waals surface area (Å²) >= 11 is 3.18. The van der Waals surface area contributed by atoms with Crippen molar-refractivity contribution in [3.05, 3.63) is 52.3 Å². The van der Waals surface area contributed by atoms with E-state index in [0.717, 1.165) is 12.1 Å². The van der Waals surface area contributed by atoms with Crippen molar-refractivity contribution in [1.29, 1.82) is 0 Å². The molecule has 104 valence electrons. The Morgan fingerprint density at radius 3 is 2.50 bits per heavy atom. The second-order valence-electron chi connectivity index (χ2n) is 3.81. The lowest BCUT2D eigenvalue weighted by Crippen LogP contribution is -2.09. The SMILES string of the molecule is O=Cc1ccc(Oc2cncc(Br)c2)cc1C(F)(F)F. The number of hydrogen-bond acceptors (Lipinski definition) is 3. The van der Waals surface area contributed by atoms with E-state index in [1.807, 2.05) is 0 Å². The van der Waals surface area contributed by atoms with Gasteiger partial charge in [0, 0.05) is 16.2 Å². The molecule has 1 heterocycles. The molecule has 0 saturated heterocycles. The Hall–Kier alpha value is -1.89. The fourth-order valence-electron chi connectivity index (χ4n) is 1.53. The molecular formula is C13H7BrF3NO2. The monoisotopic (exact) mass is 345 g/mol. The van der Waals surface area contributed by atoms with Crippen molar-refractivity contribution < 1.29 is 22.7 Å². The normalized spacial score (nSPS) is 11.2. The van der Waals surface area contributed by atoms with Gasteiger partial charge in [0.15, 0.2) is 6.29 Å². The van der Waals surface area contributed by atoms with Gasteiger partial charge >= 0.3 is 6.18 Å².